The summed E-state index contributed by atoms with van der Waals surface area (Å²) in [7, 11) is 0. The van der Waals surface area contributed by atoms with Crippen molar-refractivity contribution < 1.29 is 9.59 Å². The van der Waals surface area contributed by atoms with Crippen molar-refractivity contribution in [2.75, 3.05) is 0 Å². The molecule has 0 aliphatic carbocycles. The van der Waals surface area contributed by atoms with E-state index in [9.17, 15) is 9.59 Å². The summed E-state index contributed by atoms with van der Waals surface area (Å²) in [5.41, 5.74) is 1.73. The molecule has 0 bridgehead atoms. The fourth-order valence-corrected chi connectivity index (χ4v) is 1.62. The van der Waals surface area contributed by atoms with Crippen LogP contribution in [0.4, 0.5) is 0 Å². The molecule has 0 heterocycles. The minimum Gasteiger partial charge on any atom is -0.285 e. The van der Waals surface area contributed by atoms with Crippen molar-refractivity contribution in [3.63, 3.8) is 0 Å². The molecule has 0 fully saturated rings. The Morgan fingerprint density at radius 2 is 1.28 bits per heavy atom. The first-order chi connectivity index (χ1) is 8.72. The van der Waals surface area contributed by atoms with Gasteiger partial charge in [-0.2, -0.15) is 0 Å². The standard InChI is InChI=1S/C16H12O2/c1-2-12-8-10-14(11-9-12)16(18)15(17)13-6-4-3-5-7-13/h2-11H,1H2. The third-order valence-corrected chi connectivity index (χ3v) is 2.65. The lowest BCUT2D eigenvalue weighted by atomic mass is 10.0. The predicted molar refractivity (Wildman–Crippen MR) is 71.6 cm³/mol. The highest BCUT2D eigenvalue weighted by atomic mass is 16.2. The summed E-state index contributed by atoms with van der Waals surface area (Å²) in [5.74, 6) is -0.973. The number of ketones is 2. The van der Waals surface area contributed by atoms with Gasteiger partial charge >= 0.3 is 0 Å². The normalized spacial score (nSPS) is 9.78. The Morgan fingerprint density at radius 3 is 1.78 bits per heavy atom. The highest BCUT2D eigenvalue weighted by Crippen LogP contribution is 2.10. The fourth-order valence-electron chi connectivity index (χ4n) is 1.62. The first-order valence-electron chi connectivity index (χ1n) is 5.59. The molecule has 0 spiro atoms. The second kappa shape index (κ2) is 5.23. The third-order valence-electron chi connectivity index (χ3n) is 2.65. The van der Waals surface area contributed by atoms with Gasteiger partial charge in [0.1, 0.15) is 0 Å². The molecule has 2 nitrogen and oxygen atoms in total. The molecular weight excluding hydrogens is 224 g/mol. The molecule has 0 radical (unpaired) electrons. The monoisotopic (exact) mass is 236 g/mol. The maximum Gasteiger partial charge on any atom is 0.233 e. The predicted octanol–water partition coefficient (Wildman–Crippen LogP) is 3.40. The average Bonchev–Trinajstić information content (AvgIpc) is 2.47. The third kappa shape index (κ3) is 2.43. The molecule has 0 unspecified atom stereocenters. The van der Waals surface area contributed by atoms with Gasteiger partial charge in [0.25, 0.3) is 0 Å². The summed E-state index contributed by atoms with van der Waals surface area (Å²) in [6.07, 6.45) is 1.69. The molecule has 0 aliphatic heterocycles. The van der Waals surface area contributed by atoms with Crippen LogP contribution in [0.2, 0.25) is 0 Å². The van der Waals surface area contributed by atoms with E-state index in [4.69, 9.17) is 0 Å². The molecular formula is C16H12O2. The maximum atomic E-state index is 12.0. The number of rotatable bonds is 4. The smallest absolute Gasteiger partial charge is 0.233 e. The molecule has 0 aromatic heterocycles. The molecule has 0 amide bonds. The van der Waals surface area contributed by atoms with Crippen molar-refractivity contribution in [2.24, 2.45) is 0 Å². The minimum absolute atomic E-state index is 0.398. The van der Waals surface area contributed by atoms with Gasteiger partial charge < -0.3 is 0 Å². The SMILES string of the molecule is C=Cc1ccc(C(=O)C(=O)c2ccccc2)cc1. The lowest BCUT2D eigenvalue weighted by Gasteiger charge is -2.01. The Morgan fingerprint density at radius 1 is 0.778 bits per heavy atom. The van der Waals surface area contributed by atoms with Crippen LogP contribution in [0.3, 0.4) is 0 Å². The Bertz CT molecular complexity index is 580. The van der Waals surface area contributed by atoms with Crippen molar-refractivity contribution in [3.8, 4) is 0 Å². The number of hydrogen-bond donors (Lipinski definition) is 0. The Kier molecular flexibility index (Phi) is 3.49. The number of hydrogen-bond acceptors (Lipinski definition) is 2. The first kappa shape index (κ1) is 12.0. The summed E-state index contributed by atoms with van der Waals surface area (Å²) >= 11 is 0. The first-order valence-corrected chi connectivity index (χ1v) is 5.59. The van der Waals surface area contributed by atoms with Crippen LogP contribution in [0.5, 0.6) is 0 Å². The van der Waals surface area contributed by atoms with Gasteiger partial charge in [-0.05, 0) is 5.56 Å². The van der Waals surface area contributed by atoms with E-state index in [1.165, 1.54) is 0 Å². The van der Waals surface area contributed by atoms with Gasteiger partial charge in [-0.15, -0.1) is 0 Å². The summed E-state index contributed by atoms with van der Waals surface area (Å²) < 4.78 is 0. The number of benzene rings is 2. The summed E-state index contributed by atoms with van der Waals surface area (Å²) in [6.45, 7) is 3.64. The Hall–Kier alpha value is -2.48. The van der Waals surface area contributed by atoms with Gasteiger partial charge in [-0.3, -0.25) is 9.59 Å². The van der Waals surface area contributed by atoms with Crippen LogP contribution in [0, 0.1) is 0 Å². The van der Waals surface area contributed by atoms with E-state index in [1.807, 2.05) is 0 Å². The zero-order chi connectivity index (χ0) is 13.0. The van der Waals surface area contributed by atoms with Crippen LogP contribution in [0.15, 0.2) is 61.2 Å². The van der Waals surface area contributed by atoms with E-state index in [2.05, 4.69) is 6.58 Å². The van der Waals surface area contributed by atoms with E-state index < -0.39 is 11.6 Å². The lowest BCUT2D eigenvalue weighted by Crippen LogP contribution is -2.14. The van der Waals surface area contributed by atoms with Crippen molar-refractivity contribution >= 4 is 17.6 Å². The summed E-state index contributed by atoms with van der Waals surface area (Å²) in [5, 5.41) is 0. The van der Waals surface area contributed by atoms with E-state index in [1.54, 1.807) is 60.7 Å². The van der Waals surface area contributed by atoms with Crippen molar-refractivity contribution in [2.45, 2.75) is 0 Å². The minimum atomic E-state index is -0.489. The van der Waals surface area contributed by atoms with Crippen LogP contribution >= 0.6 is 0 Å². The fraction of sp³-hybridized carbons (Fsp3) is 0. The van der Waals surface area contributed by atoms with E-state index in [0.29, 0.717) is 11.1 Å². The molecule has 2 aromatic rings. The Balaban J connectivity index is 2.26. The molecule has 0 saturated heterocycles. The van der Waals surface area contributed by atoms with Crippen LogP contribution in [-0.4, -0.2) is 11.6 Å². The number of carbonyl (C=O) groups is 2. The highest BCUT2D eigenvalue weighted by Gasteiger charge is 2.17. The summed E-state index contributed by atoms with van der Waals surface area (Å²) in [4.78, 5) is 23.9. The molecule has 0 aliphatic rings. The van der Waals surface area contributed by atoms with Crippen LogP contribution in [0.25, 0.3) is 6.08 Å². The van der Waals surface area contributed by atoms with Gasteiger partial charge in [-0.1, -0.05) is 67.3 Å². The highest BCUT2D eigenvalue weighted by molar-refractivity contribution is 6.49. The second-order valence-electron chi connectivity index (χ2n) is 3.85. The largest absolute Gasteiger partial charge is 0.285 e. The van der Waals surface area contributed by atoms with E-state index >= 15 is 0 Å². The average molecular weight is 236 g/mol. The van der Waals surface area contributed by atoms with Crippen molar-refractivity contribution in [1.82, 2.24) is 0 Å². The van der Waals surface area contributed by atoms with E-state index in [0.717, 1.165) is 5.56 Å². The number of Topliss-reactive ketones (excluding diaryl/α,β-unsaturated/α-hetero) is 2. The van der Waals surface area contributed by atoms with E-state index in [-0.39, 0.29) is 0 Å². The second-order valence-corrected chi connectivity index (χ2v) is 3.85. The van der Waals surface area contributed by atoms with Gasteiger partial charge in [0, 0.05) is 11.1 Å². The zero-order valence-electron chi connectivity index (χ0n) is 9.80. The molecule has 18 heavy (non-hydrogen) atoms. The van der Waals surface area contributed by atoms with Crippen LogP contribution < -0.4 is 0 Å². The molecule has 2 aromatic carbocycles. The van der Waals surface area contributed by atoms with Gasteiger partial charge in [0.2, 0.25) is 11.6 Å². The number of carbonyl (C=O) groups excluding carboxylic acids is 2. The molecule has 2 rings (SSSR count). The summed E-state index contributed by atoms with van der Waals surface area (Å²) in [6, 6.07) is 15.4. The Labute approximate surface area is 106 Å². The molecule has 0 saturated carbocycles. The molecule has 0 N–H and O–H groups in total. The van der Waals surface area contributed by atoms with Crippen LogP contribution in [0.1, 0.15) is 26.3 Å². The van der Waals surface area contributed by atoms with Crippen molar-refractivity contribution in [1.29, 1.82) is 0 Å². The molecule has 0 atom stereocenters. The molecule has 88 valence electrons. The van der Waals surface area contributed by atoms with Gasteiger partial charge in [-0.25, -0.2) is 0 Å². The van der Waals surface area contributed by atoms with Gasteiger partial charge in [0.15, 0.2) is 0 Å². The maximum absolute atomic E-state index is 12.0. The van der Waals surface area contributed by atoms with Gasteiger partial charge in [0.05, 0.1) is 0 Å². The lowest BCUT2D eigenvalue weighted by molar-refractivity contribution is 0.0817. The quantitative estimate of drug-likeness (QED) is 0.602. The zero-order valence-corrected chi connectivity index (χ0v) is 9.80. The van der Waals surface area contributed by atoms with Crippen LogP contribution in [-0.2, 0) is 0 Å². The topological polar surface area (TPSA) is 34.1 Å². The van der Waals surface area contributed by atoms with Crippen molar-refractivity contribution in [3.05, 3.63) is 77.9 Å². The molecule has 2 heteroatoms.